The van der Waals surface area contributed by atoms with E-state index in [1.807, 2.05) is 6.07 Å². The molecule has 0 spiro atoms. The van der Waals surface area contributed by atoms with Gasteiger partial charge in [0.2, 0.25) is 0 Å². The number of hydrogen-bond donors (Lipinski definition) is 2. The summed E-state index contributed by atoms with van der Waals surface area (Å²) in [4.78, 5) is 11.7. The number of benzene rings is 1. The van der Waals surface area contributed by atoms with Crippen LogP contribution in [0.1, 0.15) is 11.1 Å². The SMILES string of the molecule is Cc1cccc(F)c1NNC(=O)Cn1cc(C#N)cn1. The van der Waals surface area contributed by atoms with Crippen LogP contribution < -0.4 is 10.9 Å². The zero-order chi connectivity index (χ0) is 14.5. The van der Waals surface area contributed by atoms with Gasteiger partial charge in [-0.3, -0.25) is 20.3 Å². The first-order chi connectivity index (χ1) is 9.60. The molecule has 7 heteroatoms. The lowest BCUT2D eigenvalue weighted by Gasteiger charge is -2.11. The lowest BCUT2D eigenvalue weighted by molar-refractivity contribution is -0.121. The number of carbonyl (C=O) groups excluding carboxylic acids is 1. The maximum atomic E-state index is 13.5. The van der Waals surface area contributed by atoms with Gasteiger partial charge < -0.3 is 0 Å². The molecule has 0 aliphatic heterocycles. The number of nitrogens with one attached hydrogen (secondary N) is 2. The van der Waals surface area contributed by atoms with Crippen molar-refractivity contribution in [2.75, 3.05) is 5.43 Å². The number of aromatic nitrogens is 2. The topological polar surface area (TPSA) is 82.7 Å². The Bertz CT molecular complexity index is 653. The molecule has 0 aliphatic carbocycles. The standard InChI is InChI=1S/C13H12FN5O/c1-9-3-2-4-11(14)13(9)18-17-12(20)8-19-7-10(5-15)6-16-19/h2-4,6-7,18H,8H2,1H3,(H,17,20). The lowest BCUT2D eigenvalue weighted by atomic mass is 10.2. The summed E-state index contributed by atoms with van der Waals surface area (Å²) in [5, 5.41) is 12.5. The number of nitriles is 1. The van der Waals surface area contributed by atoms with Gasteiger partial charge in [-0.15, -0.1) is 0 Å². The van der Waals surface area contributed by atoms with Crippen LogP contribution >= 0.6 is 0 Å². The second-order valence-electron chi connectivity index (χ2n) is 4.14. The van der Waals surface area contributed by atoms with Crippen LogP contribution in [-0.2, 0) is 11.3 Å². The van der Waals surface area contributed by atoms with Crippen LogP contribution in [0.5, 0.6) is 0 Å². The van der Waals surface area contributed by atoms with Crippen molar-refractivity contribution < 1.29 is 9.18 Å². The largest absolute Gasteiger partial charge is 0.295 e. The van der Waals surface area contributed by atoms with Gasteiger partial charge in [0.1, 0.15) is 18.4 Å². The van der Waals surface area contributed by atoms with E-state index < -0.39 is 11.7 Å². The zero-order valence-corrected chi connectivity index (χ0v) is 10.7. The van der Waals surface area contributed by atoms with Crippen molar-refractivity contribution in [2.24, 2.45) is 0 Å². The Labute approximate surface area is 114 Å². The number of para-hydroxylation sites is 1. The van der Waals surface area contributed by atoms with E-state index >= 15 is 0 Å². The normalized spacial score (nSPS) is 9.85. The summed E-state index contributed by atoms with van der Waals surface area (Å²) in [6.45, 7) is 1.66. The average molecular weight is 273 g/mol. The minimum atomic E-state index is -0.448. The summed E-state index contributed by atoms with van der Waals surface area (Å²) in [6, 6.07) is 6.53. The Morgan fingerprint density at radius 3 is 3.00 bits per heavy atom. The van der Waals surface area contributed by atoms with Crippen molar-refractivity contribution in [3.63, 3.8) is 0 Å². The van der Waals surface area contributed by atoms with Crippen LogP contribution in [0, 0.1) is 24.1 Å². The molecule has 20 heavy (non-hydrogen) atoms. The predicted octanol–water partition coefficient (Wildman–Crippen LogP) is 1.35. The van der Waals surface area contributed by atoms with Gasteiger partial charge in [-0.1, -0.05) is 12.1 Å². The van der Waals surface area contributed by atoms with Gasteiger partial charge in [0.25, 0.3) is 5.91 Å². The number of hydrogen-bond acceptors (Lipinski definition) is 4. The summed E-state index contributed by atoms with van der Waals surface area (Å²) in [7, 11) is 0. The van der Waals surface area contributed by atoms with Crippen molar-refractivity contribution in [1.82, 2.24) is 15.2 Å². The Hall–Kier alpha value is -2.88. The quantitative estimate of drug-likeness (QED) is 0.824. The molecule has 0 aliphatic rings. The molecule has 2 aromatic rings. The molecule has 0 bridgehead atoms. The van der Waals surface area contributed by atoms with Crippen LogP contribution in [0.4, 0.5) is 10.1 Å². The highest BCUT2D eigenvalue weighted by atomic mass is 19.1. The van der Waals surface area contributed by atoms with Crippen molar-refractivity contribution in [1.29, 1.82) is 5.26 Å². The summed E-state index contributed by atoms with van der Waals surface area (Å²) in [5.41, 5.74) is 6.19. The van der Waals surface area contributed by atoms with Crippen LogP contribution in [0.2, 0.25) is 0 Å². The van der Waals surface area contributed by atoms with E-state index in [-0.39, 0.29) is 12.2 Å². The Balaban J connectivity index is 1.94. The van der Waals surface area contributed by atoms with Crippen molar-refractivity contribution in [2.45, 2.75) is 13.5 Å². The molecule has 0 saturated heterocycles. The Morgan fingerprint density at radius 2 is 2.35 bits per heavy atom. The minimum absolute atomic E-state index is 0.0673. The minimum Gasteiger partial charge on any atom is -0.295 e. The first kappa shape index (κ1) is 13.5. The van der Waals surface area contributed by atoms with E-state index in [0.29, 0.717) is 11.1 Å². The fourth-order valence-electron chi connectivity index (χ4n) is 1.62. The molecule has 6 nitrogen and oxygen atoms in total. The first-order valence-electron chi connectivity index (χ1n) is 5.82. The maximum absolute atomic E-state index is 13.5. The number of carbonyl (C=O) groups is 1. The number of nitrogens with zero attached hydrogens (tertiary/aromatic N) is 3. The van der Waals surface area contributed by atoms with E-state index in [2.05, 4.69) is 16.0 Å². The van der Waals surface area contributed by atoms with E-state index in [0.717, 1.165) is 0 Å². The van der Waals surface area contributed by atoms with E-state index in [4.69, 9.17) is 5.26 Å². The van der Waals surface area contributed by atoms with Gasteiger partial charge in [0.05, 0.1) is 17.4 Å². The van der Waals surface area contributed by atoms with Crippen LogP contribution in [0.3, 0.4) is 0 Å². The highest BCUT2D eigenvalue weighted by Crippen LogP contribution is 2.17. The third-order valence-corrected chi connectivity index (χ3v) is 2.62. The van der Waals surface area contributed by atoms with Gasteiger partial charge in [-0.05, 0) is 18.6 Å². The second kappa shape index (κ2) is 5.84. The van der Waals surface area contributed by atoms with Crippen LogP contribution in [0.25, 0.3) is 0 Å². The number of halogens is 1. The van der Waals surface area contributed by atoms with Gasteiger partial charge in [0, 0.05) is 6.20 Å². The zero-order valence-electron chi connectivity index (χ0n) is 10.7. The summed E-state index contributed by atoms with van der Waals surface area (Å²) >= 11 is 0. The van der Waals surface area contributed by atoms with E-state index in [1.165, 1.54) is 23.1 Å². The van der Waals surface area contributed by atoms with Crippen LogP contribution in [-0.4, -0.2) is 15.7 Å². The highest BCUT2D eigenvalue weighted by Gasteiger charge is 2.08. The number of hydrazine groups is 1. The maximum Gasteiger partial charge on any atom is 0.260 e. The number of amides is 1. The molecule has 1 heterocycles. The first-order valence-corrected chi connectivity index (χ1v) is 5.82. The molecule has 0 fully saturated rings. The monoisotopic (exact) mass is 273 g/mol. The van der Waals surface area contributed by atoms with Gasteiger partial charge in [0.15, 0.2) is 0 Å². The predicted molar refractivity (Wildman–Crippen MR) is 69.8 cm³/mol. The molecule has 1 aromatic heterocycles. The third-order valence-electron chi connectivity index (χ3n) is 2.62. The molecule has 0 unspecified atom stereocenters. The lowest BCUT2D eigenvalue weighted by Crippen LogP contribution is -2.33. The second-order valence-corrected chi connectivity index (χ2v) is 4.14. The summed E-state index contributed by atoms with van der Waals surface area (Å²) < 4.78 is 14.8. The van der Waals surface area contributed by atoms with Crippen molar-refractivity contribution >= 4 is 11.6 Å². The highest BCUT2D eigenvalue weighted by molar-refractivity contribution is 5.77. The third kappa shape index (κ3) is 3.11. The Morgan fingerprint density at radius 1 is 1.55 bits per heavy atom. The average Bonchev–Trinajstić information content (AvgIpc) is 2.86. The molecular weight excluding hydrogens is 261 g/mol. The molecule has 2 N–H and O–H groups in total. The number of rotatable bonds is 4. The molecule has 0 saturated carbocycles. The molecule has 102 valence electrons. The molecule has 0 atom stereocenters. The fraction of sp³-hybridized carbons (Fsp3) is 0.154. The molecular formula is C13H12FN5O. The van der Waals surface area contributed by atoms with Crippen molar-refractivity contribution in [3.05, 3.63) is 47.5 Å². The van der Waals surface area contributed by atoms with Gasteiger partial charge >= 0.3 is 0 Å². The summed E-state index contributed by atoms with van der Waals surface area (Å²) in [5.74, 6) is -0.851. The van der Waals surface area contributed by atoms with Gasteiger partial charge in [-0.25, -0.2) is 4.39 Å². The van der Waals surface area contributed by atoms with Crippen LogP contribution in [0.15, 0.2) is 30.6 Å². The fourth-order valence-corrected chi connectivity index (χ4v) is 1.62. The Kier molecular flexibility index (Phi) is 3.96. The van der Waals surface area contributed by atoms with Crippen molar-refractivity contribution in [3.8, 4) is 6.07 Å². The molecule has 2 rings (SSSR count). The van der Waals surface area contributed by atoms with Gasteiger partial charge in [-0.2, -0.15) is 10.4 Å². The number of aryl methyl sites for hydroxylation is 1. The molecule has 0 radical (unpaired) electrons. The summed E-state index contributed by atoms with van der Waals surface area (Å²) in [6.07, 6.45) is 2.82. The number of anilines is 1. The van der Waals surface area contributed by atoms with E-state index in [9.17, 15) is 9.18 Å². The smallest absolute Gasteiger partial charge is 0.260 e. The van der Waals surface area contributed by atoms with E-state index in [1.54, 1.807) is 19.1 Å². The molecule has 1 amide bonds. The molecule has 1 aromatic carbocycles.